The molecule has 0 radical (unpaired) electrons. The van der Waals surface area contributed by atoms with Crippen LogP contribution >= 0.6 is 22.9 Å². The molecule has 100 valence electrons. The number of halogens is 1. The highest BCUT2D eigenvalue weighted by molar-refractivity contribution is 7.15. The van der Waals surface area contributed by atoms with E-state index in [2.05, 4.69) is 9.88 Å². The second-order valence-electron chi connectivity index (χ2n) is 4.04. The summed E-state index contributed by atoms with van der Waals surface area (Å²) in [5.74, 6) is 0. The lowest BCUT2D eigenvalue weighted by molar-refractivity contribution is 0.0781. The summed E-state index contributed by atoms with van der Waals surface area (Å²) in [4.78, 5) is 20.7. The van der Waals surface area contributed by atoms with Crippen LogP contribution in [0, 0.1) is 0 Å². The molecule has 7 heteroatoms. The lowest BCUT2D eigenvalue weighted by Gasteiger charge is -2.33. The average molecular weight is 290 g/mol. The number of piperazine rings is 1. The zero-order chi connectivity index (χ0) is 13.0. The van der Waals surface area contributed by atoms with Gasteiger partial charge in [0.15, 0.2) is 4.47 Å². The van der Waals surface area contributed by atoms with Crippen molar-refractivity contribution in [3.05, 3.63) is 15.5 Å². The molecule has 0 atom stereocenters. The maximum atomic E-state index is 11.5. The van der Waals surface area contributed by atoms with Crippen molar-refractivity contribution in [3.63, 3.8) is 0 Å². The second-order valence-corrected chi connectivity index (χ2v) is 5.74. The zero-order valence-corrected chi connectivity index (χ0v) is 11.8. The molecule has 0 unspecified atom stereocenters. The summed E-state index contributed by atoms with van der Waals surface area (Å²) in [6.07, 6.45) is 1.60. The Morgan fingerprint density at radius 2 is 2.22 bits per heavy atom. The number of nitrogens with zero attached hydrogens (tertiary/aromatic N) is 3. The second kappa shape index (κ2) is 6.36. The van der Waals surface area contributed by atoms with Crippen LogP contribution in [0.4, 0.5) is 4.79 Å². The molecule has 0 spiro atoms. The van der Waals surface area contributed by atoms with Crippen molar-refractivity contribution in [1.29, 1.82) is 0 Å². The number of thiazole rings is 1. The van der Waals surface area contributed by atoms with Crippen LogP contribution in [-0.4, -0.2) is 53.7 Å². The zero-order valence-electron chi connectivity index (χ0n) is 10.3. The molecule has 1 aliphatic heterocycles. The molecule has 1 aliphatic rings. The van der Waals surface area contributed by atoms with E-state index in [1.807, 2.05) is 13.1 Å². The Morgan fingerprint density at radius 1 is 1.50 bits per heavy atom. The summed E-state index contributed by atoms with van der Waals surface area (Å²) in [5, 5.41) is 0. The number of hydrogen-bond donors (Lipinski definition) is 0. The predicted octanol–water partition coefficient (Wildman–Crippen LogP) is 2.07. The first kappa shape index (κ1) is 13.6. The van der Waals surface area contributed by atoms with Crippen LogP contribution in [-0.2, 0) is 11.3 Å². The molecule has 1 fully saturated rings. The molecule has 5 nitrogen and oxygen atoms in total. The van der Waals surface area contributed by atoms with Gasteiger partial charge in [0.25, 0.3) is 0 Å². The lowest BCUT2D eigenvalue weighted by Crippen LogP contribution is -2.48. The third kappa shape index (κ3) is 3.57. The first-order chi connectivity index (χ1) is 8.69. The number of ether oxygens (including phenoxy) is 1. The monoisotopic (exact) mass is 289 g/mol. The third-order valence-electron chi connectivity index (χ3n) is 2.80. The maximum absolute atomic E-state index is 11.5. The molecule has 0 saturated carbocycles. The largest absolute Gasteiger partial charge is 0.450 e. The Morgan fingerprint density at radius 3 is 2.78 bits per heavy atom. The van der Waals surface area contributed by atoms with Gasteiger partial charge in [-0.05, 0) is 6.92 Å². The summed E-state index contributed by atoms with van der Waals surface area (Å²) in [7, 11) is 0. The van der Waals surface area contributed by atoms with E-state index >= 15 is 0 Å². The molecular formula is C11H16ClN3O2S. The highest BCUT2D eigenvalue weighted by Gasteiger charge is 2.22. The number of amides is 1. The van der Waals surface area contributed by atoms with E-state index in [9.17, 15) is 4.79 Å². The summed E-state index contributed by atoms with van der Waals surface area (Å²) in [6.45, 7) is 6.24. The van der Waals surface area contributed by atoms with Gasteiger partial charge in [0.2, 0.25) is 0 Å². The summed E-state index contributed by atoms with van der Waals surface area (Å²) in [6, 6.07) is 0. The molecule has 1 aromatic rings. The topological polar surface area (TPSA) is 45.7 Å². The number of carbonyl (C=O) groups is 1. The molecule has 18 heavy (non-hydrogen) atoms. The number of aromatic nitrogens is 1. The van der Waals surface area contributed by atoms with Crippen molar-refractivity contribution in [2.24, 2.45) is 0 Å². The molecule has 0 bridgehead atoms. The van der Waals surface area contributed by atoms with Gasteiger partial charge in [-0.3, -0.25) is 4.90 Å². The predicted molar refractivity (Wildman–Crippen MR) is 71.0 cm³/mol. The van der Waals surface area contributed by atoms with E-state index < -0.39 is 0 Å². The van der Waals surface area contributed by atoms with E-state index in [1.165, 1.54) is 11.3 Å². The van der Waals surface area contributed by atoms with Crippen LogP contribution in [0.3, 0.4) is 0 Å². The molecule has 0 N–H and O–H groups in total. The quantitative estimate of drug-likeness (QED) is 0.855. The van der Waals surface area contributed by atoms with Crippen molar-refractivity contribution < 1.29 is 9.53 Å². The van der Waals surface area contributed by atoms with Gasteiger partial charge in [-0.2, -0.15) is 0 Å². The Labute approximate surface area is 115 Å². The van der Waals surface area contributed by atoms with Crippen molar-refractivity contribution in [2.75, 3.05) is 32.8 Å². The smallest absolute Gasteiger partial charge is 0.409 e. The molecule has 2 heterocycles. The molecular weight excluding hydrogens is 274 g/mol. The molecule has 0 aliphatic carbocycles. The van der Waals surface area contributed by atoms with Gasteiger partial charge in [-0.15, -0.1) is 11.3 Å². The normalized spacial score (nSPS) is 16.9. The molecule has 1 saturated heterocycles. The Hall–Kier alpha value is -0.850. The average Bonchev–Trinajstić information content (AvgIpc) is 2.76. The first-order valence-electron chi connectivity index (χ1n) is 5.93. The molecule has 2 rings (SSSR count). The van der Waals surface area contributed by atoms with Crippen molar-refractivity contribution in [3.8, 4) is 0 Å². The Kier molecular flexibility index (Phi) is 4.79. The van der Waals surface area contributed by atoms with E-state index in [0.29, 0.717) is 24.2 Å². The van der Waals surface area contributed by atoms with Gasteiger partial charge in [0, 0.05) is 43.8 Å². The number of hydrogen-bond acceptors (Lipinski definition) is 5. The Balaban J connectivity index is 1.78. The van der Waals surface area contributed by atoms with Crippen LogP contribution in [0.15, 0.2) is 6.20 Å². The highest BCUT2D eigenvalue weighted by atomic mass is 35.5. The molecule has 1 amide bonds. The lowest BCUT2D eigenvalue weighted by atomic mass is 10.3. The first-order valence-corrected chi connectivity index (χ1v) is 7.12. The fraction of sp³-hybridized carbons (Fsp3) is 0.636. The fourth-order valence-corrected chi connectivity index (χ4v) is 2.90. The minimum atomic E-state index is -0.210. The Bertz CT molecular complexity index is 405. The SMILES string of the molecule is CCOC(=O)N1CCN(Cc2cnc(Cl)s2)CC1. The van der Waals surface area contributed by atoms with Gasteiger partial charge >= 0.3 is 6.09 Å². The van der Waals surface area contributed by atoms with E-state index in [4.69, 9.17) is 16.3 Å². The number of rotatable bonds is 3. The summed E-state index contributed by atoms with van der Waals surface area (Å²) >= 11 is 7.30. The maximum Gasteiger partial charge on any atom is 0.409 e. The fourth-order valence-electron chi connectivity index (χ4n) is 1.88. The minimum absolute atomic E-state index is 0.210. The van der Waals surface area contributed by atoms with Gasteiger partial charge in [-0.25, -0.2) is 9.78 Å². The standard InChI is InChI=1S/C11H16ClN3O2S/c1-2-17-11(16)15-5-3-14(4-6-15)8-9-7-13-10(12)18-9/h7H,2-6,8H2,1H3. The van der Waals surface area contributed by atoms with Crippen LogP contribution in [0.5, 0.6) is 0 Å². The number of carbonyl (C=O) groups excluding carboxylic acids is 1. The molecule has 1 aromatic heterocycles. The summed E-state index contributed by atoms with van der Waals surface area (Å²) < 4.78 is 5.56. The van der Waals surface area contributed by atoms with Crippen LogP contribution in [0.25, 0.3) is 0 Å². The van der Waals surface area contributed by atoms with E-state index in [0.717, 1.165) is 24.5 Å². The van der Waals surface area contributed by atoms with Crippen molar-refractivity contribution in [1.82, 2.24) is 14.8 Å². The van der Waals surface area contributed by atoms with Crippen molar-refractivity contribution >= 4 is 29.0 Å². The third-order valence-corrected chi connectivity index (χ3v) is 3.90. The van der Waals surface area contributed by atoms with E-state index in [1.54, 1.807) is 4.90 Å². The highest BCUT2D eigenvalue weighted by Crippen LogP contribution is 2.19. The minimum Gasteiger partial charge on any atom is -0.450 e. The van der Waals surface area contributed by atoms with Gasteiger partial charge in [0.1, 0.15) is 0 Å². The van der Waals surface area contributed by atoms with Crippen LogP contribution in [0.1, 0.15) is 11.8 Å². The molecule has 0 aromatic carbocycles. The summed E-state index contributed by atoms with van der Waals surface area (Å²) in [5.41, 5.74) is 0. The van der Waals surface area contributed by atoms with Crippen LogP contribution in [0.2, 0.25) is 4.47 Å². The van der Waals surface area contributed by atoms with Crippen molar-refractivity contribution in [2.45, 2.75) is 13.5 Å². The van der Waals surface area contributed by atoms with Gasteiger partial charge in [-0.1, -0.05) is 11.6 Å². The van der Waals surface area contributed by atoms with Crippen LogP contribution < -0.4 is 0 Å². The van der Waals surface area contributed by atoms with Gasteiger partial charge < -0.3 is 9.64 Å². The van der Waals surface area contributed by atoms with Gasteiger partial charge in [0.05, 0.1) is 6.61 Å². The van der Waals surface area contributed by atoms with E-state index in [-0.39, 0.29) is 6.09 Å².